The summed E-state index contributed by atoms with van der Waals surface area (Å²) in [6.45, 7) is 7.74. The number of hydrogen-bond donors (Lipinski definition) is 9. The summed E-state index contributed by atoms with van der Waals surface area (Å²) in [7, 11) is 0. The van der Waals surface area contributed by atoms with Crippen LogP contribution in [0.25, 0.3) is 91.4 Å². The summed E-state index contributed by atoms with van der Waals surface area (Å²) in [4.78, 5) is 87.5. The minimum Gasteiger partial charge on any atom is -0.444 e. The first kappa shape index (κ1) is 91.2. The topological polar surface area (TPSA) is 519 Å². The number of amides is 4. The van der Waals surface area contributed by atoms with Crippen molar-refractivity contribution in [1.29, 1.82) is 0 Å². The highest BCUT2D eigenvalue weighted by Crippen LogP contribution is 2.41. The number of aliphatic hydroxyl groups excluding tert-OH is 1. The molecule has 0 atom stereocenters. The molecule has 20 rings (SSSR count). The number of carbonyl (C=O) groups is 4. The maximum Gasteiger partial charge on any atom is 0.277 e. The number of nitrogens with zero attached hydrogens (tertiary/aromatic N) is 21. The number of aromatic nitrogens is 25. The standard InChI is InChI=1S/C23H22F3N7O3.C23H23F2N7O3.C21H19F2N7O3.C20H20N8O3/c1-2-35-14-5-3-13(4-6-14)33-10-17(20(32-33)19-15(24)7-16(25)21(26)31-19)29-22(34)18-11-36-23(30-18)12-8-27-28-9-12;1-2-34-16-5-3-15(4-6-16)32-11-18(21(31-32)17-7-14(24)8-20(25)28-17)29-22(33)19-12-35-23(30-19)13-9-26-27-10-13;1-2-32-13-5-12(6-13)30-9-15(19(29-30)18-14(22)3-4-17(23)28-18)26-20(31)16-10-33-21(27-16)11-7-24-25-8-11;29-14-3-1-13(2-4-14)28-10-16(18(27-28)15-9-21-5-6-22-15)25-19(30)17-11-31-20(26-17)12-7-23-24-8-12/h7-11,13-14H,2-6H2,1H3,(H,27,28)(H,29,34);7-12,15-16H,2-6H2,1H3,(H,26,27)(H,29,33);3-4,7-10,12-13H,2,5-6H2,1H3,(H,24,25)(H,26,31);5-11,13-14,29H,1-4H2,(H,23,24)(H,25,30). The van der Waals surface area contributed by atoms with E-state index in [1.807, 2.05) is 25.5 Å². The van der Waals surface area contributed by atoms with Crippen molar-refractivity contribution in [3.63, 3.8) is 0 Å². The van der Waals surface area contributed by atoms with Crippen LogP contribution in [0.5, 0.6) is 0 Å². The predicted octanol–water partition coefficient (Wildman–Crippen LogP) is 14.9. The zero-order valence-corrected chi connectivity index (χ0v) is 72.0. The van der Waals surface area contributed by atoms with E-state index in [-0.39, 0.29) is 135 Å². The molecule has 135 heavy (non-hydrogen) atoms. The molecule has 48 heteroatoms. The van der Waals surface area contributed by atoms with E-state index in [1.165, 1.54) is 43.6 Å². The number of ether oxygens (including phenoxy) is 3. The number of aliphatic hydroxyl groups is 1. The molecule has 4 aliphatic carbocycles. The molecule has 16 aromatic heterocycles. The third kappa shape index (κ3) is 21.6. The van der Waals surface area contributed by atoms with E-state index in [9.17, 15) is 55.0 Å². The van der Waals surface area contributed by atoms with Gasteiger partial charge in [-0.2, -0.15) is 54.0 Å². The van der Waals surface area contributed by atoms with Gasteiger partial charge in [0.25, 0.3) is 23.6 Å². The van der Waals surface area contributed by atoms with Gasteiger partial charge in [-0.1, -0.05) is 0 Å². The zero-order chi connectivity index (χ0) is 93.8. The fourth-order valence-corrected chi connectivity index (χ4v) is 15.7. The quantitative estimate of drug-likeness (QED) is 0.0180. The van der Waals surface area contributed by atoms with Crippen molar-refractivity contribution in [1.82, 2.24) is 125 Å². The van der Waals surface area contributed by atoms with Gasteiger partial charge in [-0.3, -0.25) is 68.3 Å². The van der Waals surface area contributed by atoms with Gasteiger partial charge in [0.15, 0.2) is 40.2 Å². The number of oxazole rings is 4. The highest BCUT2D eigenvalue weighted by molar-refractivity contribution is 6.07. The highest BCUT2D eigenvalue weighted by Gasteiger charge is 2.36. The number of carbonyl (C=O) groups excluding carboxylic acids is 4. The van der Waals surface area contributed by atoms with Gasteiger partial charge >= 0.3 is 0 Å². The fraction of sp³-hybridized carbons (Fsp3) is 0.322. The third-order valence-corrected chi connectivity index (χ3v) is 22.5. The summed E-state index contributed by atoms with van der Waals surface area (Å²) >= 11 is 0. The smallest absolute Gasteiger partial charge is 0.277 e. The summed E-state index contributed by atoms with van der Waals surface area (Å²) in [6.07, 6.45) is 39.8. The molecule has 0 saturated heterocycles. The van der Waals surface area contributed by atoms with Crippen molar-refractivity contribution in [3.05, 3.63) is 212 Å². The van der Waals surface area contributed by atoms with Crippen molar-refractivity contribution in [2.24, 2.45) is 0 Å². The Morgan fingerprint density at radius 2 is 0.785 bits per heavy atom. The van der Waals surface area contributed by atoms with Crippen molar-refractivity contribution in [2.75, 3.05) is 41.1 Å². The molecule has 4 aliphatic rings. The van der Waals surface area contributed by atoms with Gasteiger partial charge in [0.05, 0.1) is 130 Å². The van der Waals surface area contributed by atoms with Gasteiger partial charge in [-0.25, -0.2) is 52.4 Å². The van der Waals surface area contributed by atoms with Crippen LogP contribution in [0.3, 0.4) is 0 Å². The van der Waals surface area contributed by atoms with E-state index in [1.54, 1.807) is 82.2 Å². The van der Waals surface area contributed by atoms with E-state index in [4.69, 9.17) is 31.9 Å². The molecule has 9 N–H and O–H groups in total. The molecular formula is C87H84F7N29O12. The molecule has 0 radical (unpaired) electrons. The Balaban J connectivity index is 0.000000125. The molecule has 0 aromatic carbocycles. The van der Waals surface area contributed by atoms with Gasteiger partial charge in [-0.05, 0) is 123 Å². The van der Waals surface area contributed by atoms with Gasteiger partial charge < -0.3 is 58.3 Å². The first-order valence-electron chi connectivity index (χ1n) is 43.0. The number of rotatable bonds is 26. The SMILES string of the molecule is CCOC1CC(n2cc(NC(=O)c3coc(-c4cn[nH]c4)n3)c(-c3nc(F)ccc3F)n2)C1.CCOC1CCC(n2cc(NC(=O)c3coc(-c4cn[nH]c4)n3)c(-c3cc(F)cc(F)n3)n2)CC1.CCOC1CCC(n2cc(NC(=O)c3coc(-c4cn[nH]c4)n3)c(-c3nc(F)c(F)cc3F)n2)CC1.O=C(Nc1cn(C2CCC(O)CC2)nc1-c1cnccn1)c1coc(-c2cn[nH]c2)n1. The lowest BCUT2D eigenvalue weighted by atomic mass is 9.89. The normalized spacial score (nSPS) is 18.1. The van der Waals surface area contributed by atoms with Crippen molar-refractivity contribution in [2.45, 2.75) is 159 Å². The third-order valence-electron chi connectivity index (χ3n) is 22.5. The van der Waals surface area contributed by atoms with Crippen LogP contribution in [-0.2, 0) is 14.2 Å². The van der Waals surface area contributed by atoms with Crippen LogP contribution >= 0.6 is 0 Å². The number of pyridine rings is 3. The Hall–Kier alpha value is -15.7. The summed E-state index contributed by atoms with van der Waals surface area (Å²) in [5.74, 6) is -8.79. The van der Waals surface area contributed by atoms with E-state index in [2.05, 4.69) is 127 Å². The number of H-pyrrole nitrogens is 4. The number of anilines is 4. The summed E-state index contributed by atoms with van der Waals surface area (Å²) in [5, 5.41) is 64.6. The molecule has 0 unspecified atom stereocenters. The lowest BCUT2D eigenvalue weighted by Gasteiger charge is -2.34. The van der Waals surface area contributed by atoms with E-state index >= 15 is 0 Å². The highest BCUT2D eigenvalue weighted by atomic mass is 19.2. The maximum absolute atomic E-state index is 14.6. The lowest BCUT2D eigenvalue weighted by Crippen LogP contribution is -2.33. The number of aromatic amines is 4. The van der Waals surface area contributed by atoms with Crippen LogP contribution in [0.1, 0.15) is 177 Å². The summed E-state index contributed by atoms with van der Waals surface area (Å²) in [5.41, 5.74) is 3.69. The van der Waals surface area contributed by atoms with Crippen LogP contribution in [0.4, 0.5) is 53.5 Å². The minimum absolute atomic E-state index is 0.00214. The molecule has 0 aliphatic heterocycles. The van der Waals surface area contributed by atoms with Gasteiger partial charge in [0.2, 0.25) is 41.4 Å². The Kier molecular flexibility index (Phi) is 28.0. The monoisotopic (exact) mass is 1860 g/mol. The molecular weight excluding hydrogens is 1780 g/mol. The molecule has 698 valence electrons. The number of halogens is 7. The van der Waals surface area contributed by atoms with Gasteiger partial charge in [0.1, 0.15) is 70.7 Å². The average Bonchev–Trinajstić information content (AvgIpc) is 1.66. The van der Waals surface area contributed by atoms with Crippen LogP contribution < -0.4 is 21.3 Å². The van der Waals surface area contributed by atoms with Crippen molar-refractivity contribution in [3.8, 4) is 91.4 Å². The van der Waals surface area contributed by atoms with Crippen LogP contribution in [0.15, 0.2) is 166 Å². The predicted molar refractivity (Wildman–Crippen MR) is 461 cm³/mol. The van der Waals surface area contributed by atoms with Crippen molar-refractivity contribution >= 4 is 46.4 Å². The Labute approximate surface area is 758 Å². The Morgan fingerprint density at radius 3 is 1.18 bits per heavy atom. The zero-order valence-electron chi connectivity index (χ0n) is 72.0. The fourth-order valence-electron chi connectivity index (χ4n) is 15.7. The largest absolute Gasteiger partial charge is 0.444 e. The molecule has 41 nitrogen and oxygen atoms in total. The minimum atomic E-state index is -1.48. The van der Waals surface area contributed by atoms with Crippen LogP contribution in [0, 0.1) is 41.1 Å². The average molecular weight is 1860 g/mol. The molecule has 4 fully saturated rings. The van der Waals surface area contributed by atoms with Crippen LogP contribution in [-0.4, -0.2) is 198 Å². The van der Waals surface area contributed by atoms with Crippen molar-refractivity contribution < 1.29 is 86.9 Å². The van der Waals surface area contributed by atoms with E-state index in [0.717, 1.165) is 114 Å². The number of hydrogen-bond acceptors (Lipinski definition) is 29. The van der Waals surface area contributed by atoms with Gasteiger partial charge in [0, 0.05) is 100.0 Å². The van der Waals surface area contributed by atoms with Gasteiger partial charge in [-0.15, -0.1) is 0 Å². The second-order valence-corrected chi connectivity index (χ2v) is 31.5. The molecule has 16 heterocycles. The Bertz CT molecular complexity index is 6680. The second-order valence-electron chi connectivity index (χ2n) is 31.5. The first-order valence-corrected chi connectivity index (χ1v) is 43.0. The second kappa shape index (κ2) is 41.4. The number of nitrogens with one attached hydrogen (secondary N) is 8. The first-order chi connectivity index (χ1) is 65.6. The molecule has 4 saturated carbocycles. The molecule has 4 amide bonds. The molecule has 0 bridgehead atoms. The molecule has 16 aromatic rings. The van der Waals surface area contributed by atoms with E-state index < -0.39 is 70.4 Å². The summed E-state index contributed by atoms with van der Waals surface area (Å²) < 4.78 is 143. The lowest BCUT2D eigenvalue weighted by molar-refractivity contribution is -0.0226. The molecule has 0 spiro atoms. The van der Waals surface area contributed by atoms with E-state index in [0.29, 0.717) is 77.2 Å². The van der Waals surface area contributed by atoms with Crippen LogP contribution in [0.2, 0.25) is 0 Å². The maximum atomic E-state index is 14.6. The summed E-state index contributed by atoms with van der Waals surface area (Å²) in [6, 6.07) is 4.17. The Morgan fingerprint density at radius 1 is 0.400 bits per heavy atom.